The van der Waals surface area contributed by atoms with E-state index in [0.717, 1.165) is 5.56 Å². The third-order valence-electron chi connectivity index (χ3n) is 3.20. The number of carboxylic acid groups (broad SMARTS) is 1. The van der Waals surface area contributed by atoms with Crippen molar-refractivity contribution in [2.24, 2.45) is 0 Å². The number of aliphatic carboxylic acids is 1. The molecule has 0 aromatic heterocycles. The lowest BCUT2D eigenvalue weighted by Crippen LogP contribution is -2.38. The summed E-state index contributed by atoms with van der Waals surface area (Å²) in [7, 11) is 3.14. The standard InChI is InChI=1S/C16H24N2O6/c1-11(18-16(21)17-7-6-15(19)20)12-4-5-13(14(10-12)23-3)24-9-8-22-2/h4-5,10-11H,6-9H2,1-3H3,(H,19,20)(H2,17,18,21). The van der Waals surface area contributed by atoms with Gasteiger partial charge in [0, 0.05) is 13.7 Å². The van der Waals surface area contributed by atoms with Gasteiger partial charge in [-0.3, -0.25) is 4.79 Å². The average Bonchev–Trinajstić information content (AvgIpc) is 2.54. The minimum Gasteiger partial charge on any atom is -0.493 e. The topological polar surface area (TPSA) is 106 Å². The third kappa shape index (κ3) is 6.74. The van der Waals surface area contributed by atoms with Crippen LogP contribution in [0.25, 0.3) is 0 Å². The molecule has 0 heterocycles. The van der Waals surface area contributed by atoms with E-state index in [1.54, 1.807) is 26.4 Å². The molecule has 1 aromatic carbocycles. The van der Waals surface area contributed by atoms with E-state index in [1.807, 2.05) is 13.0 Å². The van der Waals surface area contributed by atoms with Crippen LogP contribution in [0.4, 0.5) is 4.79 Å². The van der Waals surface area contributed by atoms with Crippen LogP contribution in [-0.4, -0.2) is 51.1 Å². The summed E-state index contributed by atoms with van der Waals surface area (Å²) in [6.45, 7) is 2.77. The highest BCUT2D eigenvalue weighted by molar-refractivity contribution is 5.75. The Kier molecular flexibility index (Phi) is 8.42. The molecule has 1 aromatic rings. The largest absolute Gasteiger partial charge is 0.493 e. The summed E-state index contributed by atoms with van der Waals surface area (Å²) in [5, 5.41) is 13.8. The van der Waals surface area contributed by atoms with Crippen LogP contribution in [0, 0.1) is 0 Å². The first-order chi connectivity index (χ1) is 11.5. The SMILES string of the molecule is COCCOc1ccc(C(C)NC(=O)NCCC(=O)O)cc1OC. The van der Waals surface area contributed by atoms with Gasteiger partial charge < -0.3 is 30.0 Å². The molecule has 0 aliphatic heterocycles. The lowest BCUT2D eigenvalue weighted by molar-refractivity contribution is -0.136. The number of carbonyl (C=O) groups is 2. The Morgan fingerprint density at radius 3 is 2.58 bits per heavy atom. The van der Waals surface area contributed by atoms with Gasteiger partial charge in [-0.25, -0.2) is 4.79 Å². The fourth-order valence-electron chi connectivity index (χ4n) is 1.92. The lowest BCUT2D eigenvalue weighted by atomic mass is 10.1. The van der Waals surface area contributed by atoms with Crippen LogP contribution in [-0.2, 0) is 9.53 Å². The molecule has 0 bridgehead atoms. The molecular weight excluding hydrogens is 316 g/mol. The number of rotatable bonds is 10. The molecular formula is C16H24N2O6. The van der Waals surface area contributed by atoms with Crippen molar-refractivity contribution in [3.63, 3.8) is 0 Å². The van der Waals surface area contributed by atoms with Gasteiger partial charge in [-0.2, -0.15) is 0 Å². The summed E-state index contributed by atoms with van der Waals surface area (Å²) >= 11 is 0. The van der Waals surface area contributed by atoms with Crippen molar-refractivity contribution in [3.8, 4) is 11.5 Å². The van der Waals surface area contributed by atoms with Crippen LogP contribution in [0.1, 0.15) is 24.9 Å². The lowest BCUT2D eigenvalue weighted by Gasteiger charge is -2.17. The summed E-state index contributed by atoms with van der Waals surface area (Å²) in [5.41, 5.74) is 0.833. The molecule has 1 rings (SSSR count). The maximum Gasteiger partial charge on any atom is 0.315 e. The molecule has 0 saturated carbocycles. The second-order valence-corrected chi connectivity index (χ2v) is 5.02. The zero-order valence-corrected chi connectivity index (χ0v) is 14.1. The Balaban J connectivity index is 2.61. The molecule has 0 saturated heterocycles. The van der Waals surface area contributed by atoms with E-state index >= 15 is 0 Å². The highest BCUT2D eigenvalue weighted by Crippen LogP contribution is 2.30. The monoisotopic (exact) mass is 340 g/mol. The van der Waals surface area contributed by atoms with Gasteiger partial charge >= 0.3 is 12.0 Å². The first kappa shape index (κ1) is 19.6. The van der Waals surface area contributed by atoms with E-state index in [9.17, 15) is 9.59 Å². The van der Waals surface area contributed by atoms with Gasteiger partial charge in [-0.1, -0.05) is 6.07 Å². The normalized spacial score (nSPS) is 11.5. The number of carbonyl (C=O) groups excluding carboxylic acids is 1. The Bertz CT molecular complexity index is 549. The van der Waals surface area contributed by atoms with Crippen molar-refractivity contribution >= 4 is 12.0 Å². The second-order valence-electron chi connectivity index (χ2n) is 5.02. The van der Waals surface area contributed by atoms with Gasteiger partial charge in [-0.15, -0.1) is 0 Å². The number of nitrogens with one attached hydrogen (secondary N) is 2. The minimum absolute atomic E-state index is 0.0729. The van der Waals surface area contributed by atoms with Gasteiger partial charge in [0.1, 0.15) is 6.61 Å². The number of amides is 2. The Morgan fingerprint density at radius 1 is 1.21 bits per heavy atom. The van der Waals surface area contributed by atoms with E-state index in [0.29, 0.717) is 24.7 Å². The number of methoxy groups -OCH3 is 2. The summed E-state index contributed by atoms with van der Waals surface area (Å²) in [6.07, 6.45) is -0.122. The summed E-state index contributed by atoms with van der Waals surface area (Å²) in [5.74, 6) is 0.192. The number of hydrogen-bond acceptors (Lipinski definition) is 5. The molecule has 8 nitrogen and oxygen atoms in total. The zero-order valence-electron chi connectivity index (χ0n) is 14.1. The van der Waals surface area contributed by atoms with Gasteiger partial charge in [0.15, 0.2) is 11.5 Å². The first-order valence-corrected chi connectivity index (χ1v) is 7.53. The highest BCUT2D eigenvalue weighted by Gasteiger charge is 2.13. The predicted octanol–water partition coefficient (Wildman–Crippen LogP) is 1.56. The summed E-state index contributed by atoms with van der Waals surface area (Å²) < 4.78 is 15.8. The molecule has 2 amide bonds. The Hall–Kier alpha value is -2.48. The van der Waals surface area contributed by atoms with Gasteiger partial charge in [0.25, 0.3) is 0 Å². The fraction of sp³-hybridized carbons (Fsp3) is 0.500. The van der Waals surface area contributed by atoms with Crippen molar-refractivity contribution in [2.75, 3.05) is 34.0 Å². The molecule has 0 aliphatic rings. The van der Waals surface area contributed by atoms with Crippen LogP contribution in [0.3, 0.4) is 0 Å². The van der Waals surface area contributed by atoms with E-state index in [1.165, 1.54) is 0 Å². The summed E-state index contributed by atoms with van der Waals surface area (Å²) in [4.78, 5) is 22.1. The first-order valence-electron chi connectivity index (χ1n) is 7.53. The Morgan fingerprint density at radius 2 is 1.96 bits per heavy atom. The van der Waals surface area contributed by atoms with Crippen molar-refractivity contribution in [2.45, 2.75) is 19.4 Å². The van der Waals surface area contributed by atoms with Crippen LogP contribution in [0.15, 0.2) is 18.2 Å². The second kappa shape index (κ2) is 10.3. The van der Waals surface area contributed by atoms with E-state index < -0.39 is 12.0 Å². The predicted molar refractivity (Wildman–Crippen MR) is 87.6 cm³/mol. The minimum atomic E-state index is -0.961. The molecule has 1 atom stereocenters. The van der Waals surface area contributed by atoms with Crippen LogP contribution >= 0.6 is 0 Å². The molecule has 3 N–H and O–H groups in total. The van der Waals surface area contributed by atoms with Gasteiger partial charge in [0.2, 0.25) is 0 Å². The van der Waals surface area contributed by atoms with E-state index in [4.69, 9.17) is 19.3 Å². The van der Waals surface area contributed by atoms with Crippen LogP contribution in [0.5, 0.6) is 11.5 Å². The number of carboxylic acids is 1. The van der Waals surface area contributed by atoms with Crippen LogP contribution in [0.2, 0.25) is 0 Å². The molecule has 24 heavy (non-hydrogen) atoms. The van der Waals surface area contributed by atoms with E-state index in [2.05, 4.69) is 10.6 Å². The highest BCUT2D eigenvalue weighted by atomic mass is 16.5. The summed E-state index contributed by atoms with van der Waals surface area (Å²) in [6, 6.07) is 4.67. The van der Waals surface area contributed by atoms with Crippen molar-refractivity contribution in [1.82, 2.24) is 10.6 Å². The molecule has 0 aliphatic carbocycles. The molecule has 0 radical (unpaired) electrons. The fourth-order valence-corrected chi connectivity index (χ4v) is 1.92. The van der Waals surface area contributed by atoms with Crippen molar-refractivity contribution in [1.29, 1.82) is 0 Å². The number of urea groups is 1. The maximum absolute atomic E-state index is 11.7. The number of benzene rings is 1. The zero-order chi connectivity index (χ0) is 17.9. The molecule has 0 spiro atoms. The van der Waals surface area contributed by atoms with Crippen molar-refractivity contribution in [3.05, 3.63) is 23.8 Å². The number of ether oxygens (including phenoxy) is 3. The molecule has 134 valence electrons. The third-order valence-corrected chi connectivity index (χ3v) is 3.20. The number of hydrogen-bond donors (Lipinski definition) is 3. The molecule has 8 heteroatoms. The van der Waals surface area contributed by atoms with Gasteiger partial charge in [-0.05, 0) is 24.6 Å². The quantitative estimate of drug-likeness (QED) is 0.558. The van der Waals surface area contributed by atoms with Crippen molar-refractivity contribution < 1.29 is 28.9 Å². The van der Waals surface area contributed by atoms with E-state index in [-0.39, 0.29) is 19.0 Å². The average molecular weight is 340 g/mol. The molecule has 0 fully saturated rings. The van der Waals surface area contributed by atoms with Gasteiger partial charge in [0.05, 0.1) is 26.2 Å². The smallest absolute Gasteiger partial charge is 0.315 e. The maximum atomic E-state index is 11.7. The van der Waals surface area contributed by atoms with Crippen LogP contribution < -0.4 is 20.1 Å². The Labute approximate surface area is 141 Å². The molecule has 1 unspecified atom stereocenters.